The lowest BCUT2D eigenvalue weighted by atomic mass is 10.1. The monoisotopic (exact) mass is 368 g/mol. The first-order valence-corrected chi connectivity index (χ1v) is 9.74. The molecule has 0 saturated carbocycles. The van der Waals surface area contributed by atoms with Crippen LogP contribution in [0.4, 0.5) is 5.69 Å². The molecule has 3 amide bonds. The van der Waals surface area contributed by atoms with Crippen molar-refractivity contribution >= 4 is 35.2 Å². The van der Waals surface area contributed by atoms with E-state index in [9.17, 15) is 14.4 Å². The van der Waals surface area contributed by atoms with Gasteiger partial charge in [0, 0.05) is 17.0 Å². The van der Waals surface area contributed by atoms with Crippen molar-refractivity contribution in [1.82, 2.24) is 4.90 Å². The molecule has 1 aliphatic heterocycles. The van der Waals surface area contributed by atoms with Gasteiger partial charge in [-0.2, -0.15) is 0 Å². The van der Waals surface area contributed by atoms with Gasteiger partial charge in [-0.05, 0) is 43.0 Å². The summed E-state index contributed by atoms with van der Waals surface area (Å²) in [4.78, 5) is 39.7. The average molecular weight is 368 g/mol. The zero-order valence-corrected chi connectivity index (χ0v) is 15.6. The Morgan fingerprint density at radius 2 is 1.81 bits per heavy atom. The Bertz CT molecular complexity index is 879. The SMILES string of the molecule is CCCCN1C(=O)c2ccc(C(=O)Nc3ccccc3SC)cc2C1=O. The molecule has 0 unspecified atom stereocenters. The third-order valence-electron chi connectivity index (χ3n) is 4.32. The number of thioether (sulfide) groups is 1. The maximum atomic E-state index is 12.6. The summed E-state index contributed by atoms with van der Waals surface area (Å²) in [6.07, 6.45) is 3.61. The predicted molar refractivity (Wildman–Crippen MR) is 103 cm³/mol. The molecule has 0 bridgehead atoms. The molecule has 2 aromatic carbocycles. The number of rotatable bonds is 6. The number of nitrogens with zero attached hydrogens (tertiary/aromatic N) is 1. The van der Waals surface area contributed by atoms with Crippen LogP contribution >= 0.6 is 11.8 Å². The van der Waals surface area contributed by atoms with Crippen molar-refractivity contribution in [2.45, 2.75) is 24.7 Å². The van der Waals surface area contributed by atoms with E-state index in [1.807, 2.05) is 37.4 Å². The second kappa shape index (κ2) is 7.74. The number of carbonyl (C=O) groups excluding carboxylic acids is 3. The molecule has 0 spiro atoms. The van der Waals surface area contributed by atoms with Gasteiger partial charge in [0.15, 0.2) is 0 Å². The Hall–Kier alpha value is -2.60. The Labute approximate surface area is 156 Å². The highest BCUT2D eigenvalue weighted by Crippen LogP contribution is 2.27. The maximum absolute atomic E-state index is 12.6. The Morgan fingerprint density at radius 1 is 1.08 bits per heavy atom. The van der Waals surface area contributed by atoms with Gasteiger partial charge in [0.2, 0.25) is 0 Å². The van der Waals surface area contributed by atoms with Crippen LogP contribution in [0.3, 0.4) is 0 Å². The van der Waals surface area contributed by atoms with Crippen molar-refractivity contribution in [2.24, 2.45) is 0 Å². The molecule has 1 heterocycles. The highest BCUT2D eigenvalue weighted by molar-refractivity contribution is 7.98. The molecule has 1 aliphatic rings. The van der Waals surface area contributed by atoms with Crippen LogP contribution in [-0.2, 0) is 0 Å². The van der Waals surface area contributed by atoms with Gasteiger partial charge in [-0.25, -0.2) is 0 Å². The van der Waals surface area contributed by atoms with Gasteiger partial charge in [-0.1, -0.05) is 25.5 Å². The summed E-state index contributed by atoms with van der Waals surface area (Å²) >= 11 is 1.54. The first-order chi connectivity index (χ1) is 12.6. The Kier molecular flexibility index (Phi) is 5.42. The number of hydrogen-bond acceptors (Lipinski definition) is 4. The van der Waals surface area contributed by atoms with Crippen molar-refractivity contribution in [3.63, 3.8) is 0 Å². The molecule has 134 valence electrons. The topological polar surface area (TPSA) is 66.5 Å². The van der Waals surface area contributed by atoms with E-state index in [0.717, 1.165) is 23.4 Å². The molecule has 0 saturated heterocycles. The molecule has 0 aliphatic carbocycles. The van der Waals surface area contributed by atoms with E-state index in [2.05, 4.69) is 5.32 Å². The first-order valence-electron chi connectivity index (χ1n) is 8.51. The number of anilines is 1. The van der Waals surface area contributed by atoms with E-state index in [-0.39, 0.29) is 17.7 Å². The molecular weight excluding hydrogens is 348 g/mol. The normalized spacial score (nSPS) is 13.1. The summed E-state index contributed by atoms with van der Waals surface area (Å²) in [5.74, 6) is -0.905. The van der Waals surface area contributed by atoms with Crippen molar-refractivity contribution < 1.29 is 14.4 Å². The first kappa shape index (κ1) is 18.2. The van der Waals surface area contributed by atoms with E-state index in [1.54, 1.807) is 23.9 Å². The minimum absolute atomic E-state index is 0.280. The summed E-state index contributed by atoms with van der Waals surface area (Å²) < 4.78 is 0. The number of fused-ring (bicyclic) bond motifs is 1. The predicted octanol–water partition coefficient (Wildman–Crippen LogP) is 4.06. The van der Waals surface area contributed by atoms with Crippen molar-refractivity contribution in [1.29, 1.82) is 0 Å². The number of imide groups is 1. The van der Waals surface area contributed by atoms with Crippen molar-refractivity contribution in [3.8, 4) is 0 Å². The molecule has 0 aromatic heterocycles. The lowest BCUT2D eigenvalue weighted by Crippen LogP contribution is -2.30. The lowest BCUT2D eigenvalue weighted by Gasteiger charge is -2.12. The zero-order chi connectivity index (χ0) is 18.7. The lowest BCUT2D eigenvalue weighted by molar-refractivity contribution is 0.0652. The molecule has 0 radical (unpaired) electrons. The smallest absolute Gasteiger partial charge is 0.261 e. The zero-order valence-electron chi connectivity index (χ0n) is 14.7. The van der Waals surface area contributed by atoms with Crippen LogP contribution in [0.25, 0.3) is 0 Å². The minimum Gasteiger partial charge on any atom is -0.321 e. The number of benzene rings is 2. The highest BCUT2D eigenvalue weighted by atomic mass is 32.2. The summed E-state index contributed by atoms with van der Waals surface area (Å²) in [5, 5.41) is 2.87. The summed E-state index contributed by atoms with van der Waals surface area (Å²) in [5.41, 5.74) is 1.75. The van der Waals surface area contributed by atoms with Gasteiger partial charge < -0.3 is 5.32 Å². The minimum atomic E-state index is -0.322. The van der Waals surface area contributed by atoms with E-state index >= 15 is 0 Å². The molecule has 5 nitrogen and oxygen atoms in total. The molecule has 6 heteroatoms. The maximum Gasteiger partial charge on any atom is 0.261 e. The molecular formula is C20H20N2O3S. The molecule has 2 aromatic rings. The quantitative estimate of drug-likeness (QED) is 0.617. The summed E-state index contributed by atoms with van der Waals surface area (Å²) in [6.45, 7) is 2.42. The van der Waals surface area contributed by atoms with Gasteiger partial charge >= 0.3 is 0 Å². The average Bonchev–Trinajstić information content (AvgIpc) is 2.90. The van der Waals surface area contributed by atoms with Crippen molar-refractivity contribution in [3.05, 3.63) is 59.2 Å². The van der Waals surface area contributed by atoms with Crippen LogP contribution in [0.1, 0.15) is 50.8 Å². The summed E-state index contributed by atoms with van der Waals surface area (Å²) in [6, 6.07) is 12.2. The second-order valence-corrected chi connectivity index (χ2v) is 6.88. The number of nitrogens with one attached hydrogen (secondary N) is 1. The van der Waals surface area contributed by atoms with Crippen LogP contribution in [0.2, 0.25) is 0 Å². The number of carbonyl (C=O) groups is 3. The van der Waals surface area contributed by atoms with Crippen LogP contribution < -0.4 is 5.32 Å². The summed E-state index contributed by atoms with van der Waals surface area (Å²) in [7, 11) is 0. The van der Waals surface area contributed by atoms with E-state index in [1.165, 1.54) is 11.0 Å². The standard InChI is InChI=1S/C20H20N2O3S/c1-3-4-11-22-19(24)14-10-9-13(12-15(14)20(22)25)18(23)21-16-7-5-6-8-17(16)26-2/h5-10,12H,3-4,11H2,1-2H3,(H,21,23). The van der Waals surface area contributed by atoms with Crippen LogP contribution in [0.5, 0.6) is 0 Å². The van der Waals surface area contributed by atoms with Gasteiger partial charge in [-0.15, -0.1) is 11.8 Å². The van der Waals surface area contributed by atoms with E-state index < -0.39 is 0 Å². The van der Waals surface area contributed by atoms with Crippen LogP contribution in [0, 0.1) is 0 Å². The fraction of sp³-hybridized carbons (Fsp3) is 0.250. The van der Waals surface area contributed by atoms with E-state index in [0.29, 0.717) is 23.2 Å². The van der Waals surface area contributed by atoms with Gasteiger partial charge in [-0.3, -0.25) is 19.3 Å². The van der Waals surface area contributed by atoms with Gasteiger partial charge in [0.1, 0.15) is 0 Å². The molecule has 1 N–H and O–H groups in total. The Morgan fingerprint density at radius 3 is 2.54 bits per heavy atom. The fourth-order valence-corrected chi connectivity index (χ4v) is 3.45. The molecule has 26 heavy (non-hydrogen) atoms. The van der Waals surface area contributed by atoms with Crippen molar-refractivity contribution in [2.75, 3.05) is 18.1 Å². The number of amides is 3. The number of para-hydroxylation sites is 1. The Balaban J connectivity index is 1.84. The van der Waals surface area contributed by atoms with Gasteiger partial charge in [0.25, 0.3) is 17.7 Å². The highest BCUT2D eigenvalue weighted by Gasteiger charge is 2.35. The number of hydrogen-bond donors (Lipinski definition) is 1. The molecule has 0 fully saturated rings. The third kappa shape index (κ3) is 3.37. The second-order valence-electron chi connectivity index (χ2n) is 6.03. The van der Waals surface area contributed by atoms with Gasteiger partial charge in [0.05, 0.1) is 16.8 Å². The van der Waals surface area contributed by atoms with Crippen LogP contribution in [0.15, 0.2) is 47.4 Å². The largest absolute Gasteiger partial charge is 0.321 e. The van der Waals surface area contributed by atoms with Crippen LogP contribution in [-0.4, -0.2) is 35.4 Å². The molecule has 3 rings (SSSR count). The molecule has 0 atom stereocenters. The fourth-order valence-electron chi connectivity index (χ4n) is 2.89. The number of unbranched alkanes of at least 4 members (excludes halogenated alkanes) is 1. The third-order valence-corrected chi connectivity index (χ3v) is 5.12. The van der Waals surface area contributed by atoms with E-state index in [4.69, 9.17) is 0 Å².